The number of aromatic nitrogens is 1. The van der Waals surface area contributed by atoms with Crippen LogP contribution < -0.4 is 9.64 Å². The third kappa shape index (κ3) is 4.02. The van der Waals surface area contributed by atoms with Gasteiger partial charge in [-0.15, -0.1) is 0 Å². The summed E-state index contributed by atoms with van der Waals surface area (Å²) in [6.07, 6.45) is 0. The Balaban J connectivity index is 1.73. The topological polar surface area (TPSA) is 79.7 Å². The zero-order valence-corrected chi connectivity index (χ0v) is 21.6. The van der Waals surface area contributed by atoms with Crippen LogP contribution in [0.3, 0.4) is 0 Å². The molecule has 4 aromatic rings. The van der Waals surface area contributed by atoms with E-state index in [1.54, 1.807) is 31.4 Å². The second-order valence-corrected chi connectivity index (χ2v) is 10.3. The number of Topliss-reactive ketones (excluding diaryl/α,β-unsaturated/α-hetero) is 1. The van der Waals surface area contributed by atoms with Gasteiger partial charge in [0.2, 0.25) is 0 Å². The van der Waals surface area contributed by atoms with Gasteiger partial charge in [-0.2, -0.15) is 0 Å². The monoisotopic (exact) mass is 548 g/mol. The Morgan fingerprint density at radius 2 is 1.83 bits per heavy atom. The first-order valence-corrected chi connectivity index (χ1v) is 12.5. The Bertz CT molecular complexity index is 1520. The molecule has 0 aliphatic carbocycles. The fourth-order valence-corrected chi connectivity index (χ4v) is 5.97. The minimum atomic E-state index is -0.837. The van der Waals surface area contributed by atoms with Gasteiger partial charge in [-0.25, -0.2) is 4.98 Å². The summed E-state index contributed by atoms with van der Waals surface area (Å²) in [6, 6.07) is 17.3. The molecule has 3 aromatic carbocycles. The van der Waals surface area contributed by atoms with Crippen LogP contribution in [0, 0.1) is 13.8 Å². The number of ketones is 1. The van der Waals surface area contributed by atoms with Gasteiger partial charge < -0.3 is 9.84 Å². The van der Waals surface area contributed by atoms with Crippen molar-refractivity contribution in [1.82, 2.24) is 4.98 Å². The van der Waals surface area contributed by atoms with E-state index in [0.717, 1.165) is 25.8 Å². The van der Waals surface area contributed by atoms with Gasteiger partial charge in [-0.1, -0.05) is 45.5 Å². The fraction of sp³-hybridized carbons (Fsp3) is 0.148. The molecule has 2 heterocycles. The van der Waals surface area contributed by atoms with Gasteiger partial charge >= 0.3 is 5.91 Å². The average molecular weight is 549 g/mol. The van der Waals surface area contributed by atoms with E-state index in [9.17, 15) is 14.7 Å². The van der Waals surface area contributed by atoms with E-state index in [4.69, 9.17) is 9.72 Å². The predicted octanol–water partition coefficient (Wildman–Crippen LogP) is 6.31. The second-order valence-electron chi connectivity index (χ2n) is 8.38. The van der Waals surface area contributed by atoms with Crippen LogP contribution in [0.25, 0.3) is 16.0 Å². The molecule has 35 heavy (non-hydrogen) atoms. The first-order valence-electron chi connectivity index (χ1n) is 10.9. The molecule has 0 spiro atoms. The maximum Gasteiger partial charge on any atom is 0.301 e. The number of halogens is 1. The molecule has 1 fully saturated rings. The van der Waals surface area contributed by atoms with Gasteiger partial charge in [-0.3, -0.25) is 14.5 Å². The lowest BCUT2D eigenvalue weighted by Crippen LogP contribution is -2.29. The Kier molecular flexibility index (Phi) is 5.94. The number of thiazole rings is 1. The molecule has 0 radical (unpaired) electrons. The van der Waals surface area contributed by atoms with Gasteiger partial charge in [0.05, 0.1) is 28.9 Å². The Labute approximate surface area is 214 Å². The number of methoxy groups -OCH3 is 1. The van der Waals surface area contributed by atoms with Crippen molar-refractivity contribution in [3.05, 3.63) is 93.0 Å². The van der Waals surface area contributed by atoms with E-state index in [0.29, 0.717) is 22.0 Å². The van der Waals surface area contributed by atoms with E-state index in [1.807, 2.05) is 50.2 Å². The highest BCUT2D eigenvalue weighted by atomic mass is 79.9. The number of rotatable bonds is 4. The van der Waals surface area contributed by atoms with E-state index in [2.05, 4.69) is 15.9 Å². The summed E-state index contributed by atoms with van der Waals surface area (Å²) >= 11 is 4.84. The van der Waals surface area contributed by atoms with Crippen molar-refractivity contribution >= 4 is 60.1 Å². The van der Waals surface area contributed by atoms with Crippen molar-refractivity contribution in [2.45, 2.75) is 19.9 Å². The summed E-state index contributed by atoms with van der Waals surface area (Å²) in [6.45, 7) is 3.98. The lowest BCUT2D eigenvalue weighted by Gasteiger charge is -2.23. The summed E-state index contributed by atoms with van der Waals surface area (Å²) < 4.78 is 6.92. The van der Waals surface area contributed by atoms with Gasteiger partial charge in [0.25, 0.3) is 5.78 Å². The molecule has 0 saturated carbocycles. The number of nitrogens with zero attached hydrogens (tertiary/aromatic N) is 2. The molecule has 176 valence electrons. The number of aliphatic hydroxyl groups is 1. The molecular formula is C27H21BrN2O4S. The highest BCUT2D eigenvalue weighted by Gasteiger charge is 2.48. The molecule has 1 atom stereocenters. The smallest absolute Gasteiger partial charge is 0.301 e. The second kappa shape index (κ2) is 8.94. The van der Waals surface area contributed by atoms with Crippen molar-refractivity contribution in [3.8, 4) is 5.75 Å². The van der Waals surface area contributed by atoms with Crippen LogP contribution in [0.5, 0.6) is 5.75 Å². The van der Waals surface area contributed by atoms with Crippen LogP contribution in [0.15, 0.2) is 70.7 Å². The zero-order chi connectivity index (χ0) is 24.9. The summed E-state index contributed by atoms with van der Waals surface area (Å²) in [4.78, 5) is 32.9. The maximum atomic E-state index is 13.4. The highest BCUT2D eigenvalue weighted by Crippen LogP contribution is 2.45. The van der Waals surface area contributed by atoms with Crippen molar-refractivity contribution in [2.75, 3.05) is 12.0 Å². The first-order chi connectivity index (χ1) is 16.8. The third-order valence-electron chi connectivity index (χ3n) is 6.00. The number of aliphatic hydroxyl groups excluding tert-OH is 1. The molecule has 0 bridgehead atoms. The Hall–Kier alpha value is -3.49. The van der Waals surface area contributed by atoms with Crippen LogP contribution in [0.4, 0.5) is 5.13 Å². The summed E-state index contributed by atoms with van der Waals surface area (Å²) in [5.41, 5.74) is 4.00. The van der Waals surface area contributed by atoms with Gasteiger partial charge in [0.1, 0.15) is 11.5 Å². The molecule has 1 saturated heterocycles. The van der Waals surface area contributed by atoms with Crippen molar-refractivity contribution in [3.63, 3.8) is 0 Å². The summed E-state index contributed by atoms with van der Waals surface area (Å²) in [7, 11) is 1.55. The molecular weight excluding hydrogens is 528 g/mol. The summed E-state index contributed by atoms with van der Waals surface area (Å²) in [5, 5.41) is 11.7. The van der Waals surface area contributed by atoms with Gasteiger partial charge in [0.15, 0.2) is 5.13 Å². The molecule has 1 N–H and O–H groups in total. The van der Waals surface area contributed by atoms with Crippen LogP contribution >= 0.6 is 27.3 Å². The lowest BCUT2D eigenvalue weighted by atomic mass is 9.95. The number of ether oxygens (including phenoxy) is 1. The molecule has 1 aromatic heterocycles. The minimum absolute atomic E-state index is 0.0189. The number of hydrogen-bond acceptors (Lipinski definition) is 6. The molecule has 8 heteroatoms. The average Bonchev–Trinajstić information content (AvgIpc) is 3.37. The molecule has 5 rings (SSSR count). The number of anilines is 1. The van der Waals surface area contributed by atoms with Crippen LogP contribution in [0.2, 0.25) is 0 Å². The zero-order valence-electron chi connectivity index (χ0n) is 19.2. The lowest BCUT2D eigenvalue weighted by molar-refractivity contribution is -0.132. The predicted molar refractivity (Wildman–Crippen MR) is 141 cm³/mol. The largest absolute Gasteiger partial charge is 0.507 e. The van der Waals surface area contributed by atoms with Crippen LogP contribution in [0.1, 0.15) is 28.3 Å². The quantitative estimate of drug-likeness (QED) is 0.183. The Morgan fingerprint density at radius 3 is 2.51 bits per heavy atom. The number of aryl methyl sites for hydroxylation is 2. The number of fused-ring (bicyclic) bond motifs is 1. The number of benzene rings is 3. The number of carbonyl (C=O) groups is 2. The molecule has 1 aliphatic heterocycles. The highest BCUT2D eigenvalue weighted by molar-refractivity contribution is 9.10. The van der Waals surface area contributed by atoms with E-state index < -0.39 is 17.7 Å². The third-order valence-corrected chi connectivity index (χ3v) is 7.49. The van der Waals surface area contributed by atoms with Gasteiger partial charge in [-0.05, 0) is 73.0 Å². The number of hydrogen-bond donors (Lipinski definition) is 1. The number of carbonyl (C=O) groups excluding carboxylic acids is 2. The fourth-order valence-electron chi connectivity index (χ4n) is 4.39. The van der Waals surface area contributed by atoms with E-state index in [1.165, 1.54) is 16.2 Å². The molecule has 0 unspecified atom stereocenters. The standard InChI is InChI=1S/C27H21BrN2O4S/c1-14-11-15(2)22-20(12-14)35-27(29-22)30-23(17-5-4-6-18(28)13-17)21(25(32)26(30)33)24(31)16-7-9-19(34-3)10-8-16/h4-13,23,31H,1-3H3/b24-21+/t23-/m0/s1. The maximum absolute atomic E-state index is 13.4. The Morgan fingerprint density at radius 1 is 1.09 bits per heavy atom. The molecule has 1 amide bonds. The molecule has 6 nitrogen and oxygen atoms in total. The molecule has 1 aliphatic rings. The SMILES string of the molecule is COc1ccc(/C(O)=C2\C(=O)C(=O)N(c3nc4c(C)cc(C)cc4s3)[C@H]2c2cccc(Br)c2)cc1. The van der Waals surface area contributed by atoms with Crippen molar-refractivity contribution in [1.29, 1.82) is 0 Å². The number of amides is 1. The van der Waals surface area contributed by atoms with E-state index >= 15 is 0 Å². The minimum Gasteiger partial charge on any atom is -0.507 e. The van der Waals surface area contributed by atoms with Crippen LogP contribution in [-0.2, 0) is 9.59 Å². The van der Waals surface area contributed by atoms with E-state index in [-0.39, 0.29) is 11.3 Å². The van der Waals surface area contributed by atoms with Gasteiger partial charge in [0, 0.05) is 10.0 Å². The van der Waals surface area contributed by atoms with Crippen LogP contribution in [-0.4, -0.2) is 28.9 Å². The van der Waals surface area contributed by atoms with Crippen molar-refractivity contribution in [2.24, 2.45) is 0 Å². The normalized spacial score (nSPS) is 17.4. The first kappa shape index (κ1) is 23.3. The summed E-state index contributed by atoms with van der Waals surface area (Å²) in [5.74, 6) is -1.11. The van der Waals surface area contributed by atoms with Crippen molar-refractivity contribution < 1.29 is 19.4 Å².